The molecule has 0 bridgehead atoms. The van der Waals surface area contributed by atoms with Crippen LogP contribution in [0.1, 0.15) is 11.1 Å². The van der Waals surface area contributed by atoms with Gasteiger partial charge in [0.15, 0.2) is 12.4 Å². The highest BCUT2D eigenvalue weighted by Gasteiger charge is 2.23. The summed E-state index contributed by atoms with van der Waals surface area (Å²) in [6.45, 7) is 4.74. The Morgan fingerprint density at radius 2 is 1.82 bits per heavy atom. The summed E-state index contributed by atoms with van der Waals surface area (Å²) in [5, 5.41) is 11.1. The first kappa shape index (κ1) is 19.8. The summed E-state index contributed by atoms with van der Waals surface area (Å²) in [6.07, 6.45) is 0. The van der Waals surface area contributed by atoms with Crippen molar-refractivity contribution in [1.29, 1.82) is 0 Å². The van der Waals surface area contributed by atoms with Crippen LogP contribution in [0.5, 0.6) is 5.75 Å². The summed E-state index contributed by atoms with van der Waals surface area (Å²) < 4.78 is 18.4. The Morgan fingerprint density at radius 3 is 2.46 bits per heavy atom. The average molecular weight is 387 g/mol. The fraction of sp³-hybridized carbons (Fsp3) is 0.350. The number of carbonyl (C=O) groups is 1. The number of hydrogen-bond acceptors (Lipinski definition) is 5. The predicted molar refractivity (Wildman–Crippen MR) is 102 cm³/mol. The largest absolute Gasteiger partial charge is 0.477 e. The molecular formula is C20H22FN3O4. The Hall–Kier alpha value is -3.00. The molecule has 1 saturated heterocycles. The summed E-state index contributed by atoms with van der Waals surface area (Å²) >= 11 is 0. The number of benzene rings is 2. The number of aryl methyl sites for hydroxylation is 1. The SMILES string of the molecule is Cc1ccc(OCC(=O)N2CCN(Cc3ccc(F)cc3)CC2)c([N+](=O)[O-])c1. The predicted octanol–water partition coefficient (Wildman–Crippen LogP) is 2.77. The van der Waals surface area contributed by atoms with Gasteiger partial charge in [0, 0.05) is 38.8 Å². The number of carbonyl (C=O) groups excluding carboxylic acids is 1. The monoisotopic (exact) mass is 387 g/mol. The molecule has 8 heteroatoms. The summed E-state index contributed by atoms with van der Waals surface area (Å²) in [7, 11) is 0. The zero-order valence-electron chi connectivity index (χ0n) is 15.6. The van der Waals surface area contributed by atoms with E-state index in [1.165, 1.54) is 24.3 Å². The quantitative estimate of drug-likeness (QED) is 0.563. The molecule has 28 heavy (non-hydrogen) atoms. The Bertz CT molecular complexity index is 849. The number of amides is 1. The maximum atomic E-state index is 13.0. The first-order chi connectivity index (χ1) is 13.4. The number of nitrogens with zero attached hydrogens (tertiary/aromatic N) is 3. The number of nitro benzene ring substituents is 1. The summed E-state index contributed by atoms with van der Waals surface area (Å²) in [5.41, 5.74) is 1.63. The molecule has 7 nitrogen and oxygen atoms in total. The third-order valence-corrected chi connectivity index (χ3v) is 4.71. The van der Waals surface area contributed by atoms with Crippen molar-refractivity contribution in [3.8, 4) is 5.75 Å². The van der Waals surface area contributed by atoms with Crippen molar-refractivity contribution < 1.29 is 18.8 Å². The lowest BCUT2D eigenvalue weighted by molar-refractivity contribution is -0.385. The van der Waals surface area contributed by atoms with E-state index in [1.807, 2.05) is 0 Å². The molecule has 1 aliphatic rings. The van der Waals surface area contributed by atoms with Gasteiger partial charge in [-0.2, -0.15) is 0 Å². The summed E-state index contributed by atoms with van der Waals surface area (Å²) in [6, 6.07) is 11.0. The molecule has 0 atom stereocenters. The van der Waals surface area contributed by atoms with Crippen molar-refractivity contribution in [2.75, 3.05) is 32.8 Å². The van der Waals surface area contributed by atoms with Crippen molar-refractivity contribution in [2.45, 2.75) is 13.5 Å². The molecule has 0 radical (unpaired) electrons. The number of piperazine rings is 1. The minimum absolute atomic E-state index is 0.0962. The van der Waals surface area contributed by atoms with E-state index in [1.54, 1.807) is 30.0 Å². The number of hydrogen-bond donors (Lipinski definition) is 0. The van der Waals surface area contributed by atoms with Crippen LogP contribution in [0.15, 0.2) is 42.5 Å². The minimum atomic E-state index is -0.513. The van der Waals surface area contributed by atoms with Crippen molar-refractivity contribution in [3.05, 3.63) is 69.5 Å². The molecule has 1 fully saturated rings. The molecule has 0 spiro atoms. The van der Waals surface area contributed by atoms with Gasteiger partial charge in [-0.3, -0.25) is 19.8 Å². The topological polar surface area (TPSA) is 75.9 Å². The third kappa shape index (κ3) is 5.04. The van der Waals surface area contributed by atoms with Crippen LogP contribution in [0.4, 0.5) is 10.1 Å². The summed E-state index contributed by atoms with van der Waals surface area (Å²) in [4.78, 5) is 26.9. The highest BCUT2D eigenvalue weighted by Crippen LogP contribution is 2.27. The van der Waals surface area contributed by atoms with E-state index in [2.05, 4.69) is 4.90 Å². The van der Waals surface area contributed by atoms with Crippen LogP contribution in [0.25, 0.3) is 0 Å². The van der Waals surface area contributed by atoms with E-state index in [4.69, 9.17) is 4.74 Å². The average Bonchev–Trinajstić information content (AvgIpc) is 2.69. The van der Waals surface area contributed by atoms with Crippen LogP contribution in [0.3, 0.4) is 0 Å². The van der Waals surface area contributed by atoms with E-state index < -0.39 is 4.92 Å². The molecular weight excluding hydrogens is 365 g/mol. The molecule has 0 N–H and O–H groups in total. The minimum Gasteiger partial charge on any atom is -0.477 e. The first-order valence-electron chi connectivity index (χ1n) is 9.05. The zero-order chi connectivity index (χ0) is 20.1. The molecule has 2 aromatic rings. The fourth-order valence-corrected chi connectivity index (χ4v) is 3.13. The van der Waals surface area contributed by atoms with Crippen molar-refractivity contribution >= 4 is 11.6 Å². The highest BCUT2D eigenvalue weighted by atomic mass is 19.1. The highest BCUT2D eigenvalue weighted by molar-refractivity contribution is 5.78. The first-order valence-corrected chi connectivity index (χ1v) is 9.05. The zero-order valence-corrected chi connectivity index (χ0v) is 15.6. The maximum absolute atomic E-state index is 13.0. The second-order valence-electron chi connectivity index (χ2n) is 6.80. The van der Waals surface area contributed by atoms with E-state index in [0.717, 1.165) is 11.1 Å². The maximum Gasteiger partial charge on any atom is 0.311 e. The van der Waals surface area contributed by atoms with Crippen LogP contribution >= 0.6 is 0 Å². The summed E-state index contributed by atoms with van der Waals surface area (Å²) in [5.74, 6) is -0.358. The number of ether oxygens (including phenoxy) is 1. The number of rotatable bonds is 6. The molecule has 0 aromatic heterocycles. The lowest BCUT2D eigenvalue weighted by Gasteiger charge is -2.34. The smallest absolute Gasteiger partial charge is 0.311 e. The van der Waals surface area contributed by atoms with Crippen LogP contribution in [0, 0.1) is 22.9 Å². The fourth-order valence-electron chi connectivity index (χ4n) is 3.13. The number of nitro groups is 1. The standard InChI is InChI=1S/C20H22FN3O4/c1-15-2-7-19(18(12-15)24(26)27)28-14-20(25)23-10-8-22(9-11-23)13-16-3-5-17(21)6-4-16/h2-7,12H,8-11,13-14H2,1H3. The normalized spacial score (nSPS) is 14.7. The van der Waals surface area contributed by atoms with Crippen molar-refractivity contribution in [3.63, 3.8) is 0 Å². The van der Waals surface area contributed by atoms with Gasteiger partial charge in [-0.05, 0) is 36.2 Å². The van der Waals surface area contributed by atoms with E-state index >= 15 is 0 Å². The van der Waals surface area contributed by atoms with Gasteiger partial charge in [0.05, 0.1) is 4.92 Å². The van der Waals surface area contributed by atoms with Gasteiger partial charge < -0.3 is 9.64 Å². The third-order valence-electron chi connectivity index (χ3n) is 4.71. The van der Waals surface area contributed by atoms with Crippen molar-refractivity contribution in [1.82, 2.24) is 9.80 Å². The van der Waals surface area contributed by atoms with Crippen molar-refractivity contribution in [2.24, 2.45) is 0 Å². The number of halogens is 1. The Balaban J connectivity index is 1.49. The molecule has 1 amide bonds. The molecule has 0 saturated carbocycles. The van der Waals surface area contributed by atoms with Crippen LogP contribution in [0.2, 0.25) is 0 Å². The molecule has 148 valence electrons. The van der Waals surface area contributed by atoms with Crippen LogP contribution < -0.4 is 4.74 Å². The molecule has 2 aromatic carbocycles. The lowest BCUT2D eigenvalue weighted by atomic mass is 10.2. The van der Waals surface area contributed by atoms with Gasteiger partial charge in [-0.15, -0.1) is 0 Å². The lowest BCUT2D eigenvalue weighted by Crippen LogP contribution is -2.49. The Morgan fingerprint density at radius 1 is 1.14 bits per heavy atom. The molecule has 3 rings (SSSR count). The molecule has 1 heterocycles. The Kier molecular flexibility index (Phi) is 6.20. The van der Waals surface area contributed by atoms with Gasteiger partial charge in [0.25, 0.3) is 5.91 Å². The van der Waals surface area contributed by atoms with E-state index in [-0.39, 0.29) is 29.8 Å². The molecule has 0 aliphatic carbocycles. The molecule has 0 unspecified atom stereocenters. The molecule has 1 aliphatic heterocycles. The van der Waals surface area contributed by atoms with Gasteiger partial charge >= 0.3 is 5.69 Å². The van der Waals surface area contributed by atoms with E-state index in [9.17, 15) is 19.3 Å². The van der Waals surface area contributed by atoms with Gasteiger partial charge in [0.2, 0.25) is 0 Å². The van der Waals surface area contributed by atoms with Gasteiger partial charge in [-0.25, -0.2) is 4.39 Å². The van der Waals surface area contributed by atoms with Gasteiger partial charge in [-0.1, -0.05) is 18.2 Å². The van der Waals surface area contributed by atoms with E-state index in [0.29, 0.717) is 32.7 Å². The van der Waals surface area contributed by atoms with Crippen LogP contribution in [-0.4, -0.2) is 53.4 Å². The van der Waals surface area contributed by atoms with Crippen LogP contribution in [-0.2, 0) is 11.3 Å². The van der Waals surface area contributed by atoms with Gasteiger partial charge in [0.1, 0.15) is 5.82 Å². The second kappa shape index (κ2) is 8.79. The second-order valence-corrected chi connectivity index (χ2v) is 6.80. The Labute approximate surface area is 162 Å².